The van der Waals surface area contributed by atoms with Crippen molar-refractivity contribution >= 4 is 22.6 Å². The number of carboxylic acid groups (broad SMARTS) is 1. The first-order valence-corrected chi connectivity index (χ1v) is 2.53. The van der Waals surface area contributed by atoms with Crippen LogP contribution in [0.5, 0.6) is 0 Å². The van der Waals surface area contributed by atoms with Crippen LogP contribution >= 0.6 is 0 Å². The predicted octanol–water partition coefficient (Wildman–Crippen LogP) is -2.44. The third-order valence-electron chi connectivity index (χ3n) is 0.175. The molecular formula is C2H8AlNO3. The summed E-state index contributed by atoms with van der Waals surface area (Å²) >= 11 is 0.306. The van der Waals surface area contributed by atoms with Crippen LogP contribution in [0.3, 0.4) is 0 Å². The smallest absolute Gasteiger partial charge is 0.407 e. The molecule has 0 heterocycles. The summed E-state index contributed by atoms with van der Waals surface area (Å²) in [7, 11) is 0. The Morgan fingerprint density at radius 2 is 1.86 bits per heavy atom. The number of rotatable bonds is 1. The zero-order valence-electron chi connectivity index (χ0n) is 4.09. The Labute approximate surface area is 49.7 Å². The summed E-state index contributed by atoms with van der Waals surface area (Å²) < 4.78 is 7.14. The maximum Gasteiger partial charge on any atom is 0.407 e. The summed E-state index contributed by atoms with van der Waals surface area (Å²) in [6, 6.07) is 0. The van der Waals surface area contributed by atoms with Gasteiger partial charge in [-0.1, -0.05) is 0 Å². The normalized spacial score (nSPS) is 6.00. The molecule has 0 unspecified atom stereocenters. The number of carboxylic acids is 1. The molecular weight excluding hydrogens is 113 g/mol. The zero-order valence-corrected chi connectivity index (χ0v) is 6.09. The molecule has 0 rings (SSSR count). The molecule has 0 spiro atoms. The summed E-state index contributed by atoms with van der Waals surface area (Å²) in [5.41, 5.74) is 4.57. The molecule has 0 atom stereocenters. The summed E-state index contributed by atoms with van der Waals surface area (Å²) in [6.45, 7) is -0.278. The van der Waals surface area contributed by atoms with Crippen LogP contribution in [0, 0.1) is 0 Å². The minimum absolute atomic E-state index is 0.278. The topological polar surface area (TPSA) is 83.6 Å². The van der Waals surface area contributed by atoms with Crippen molar-refractivity contribution in [1.29, 1.82) is 0 Å². The van der Waals surface area contributed by atoms with E-state index in [9.17, 15) is 4.79 Å². The SMILES string of the molecule is NCC(=O)O.[OH][AlH2]. The van der Waals surface area contributed by atoms with Crippen molar-refractivity contribution in [2.75, 3.05) is 6.54 Å². The van der Waals surface area contributed by atoms with Gasteiger partial charge in [0.15, 0.2) is 0 Å². The lowest BCUT2D eigenvalue weighted by Gasteiger charge is -1.73. The van der Waals surface area contributed by atoms with Gasteiger partial charge in [0.25, 0.3) is 0 Å². The van der Waals surface area contributed by atoms with Gasteiger partial charge in [0.1, 0.15) is 0 Å². The number of aliphatic carboxylic acids is 1. The molecule has 0 bridgehead atoms. The average molecular weight is 121 g/mol. The van der Waals surface area contributed by atoms with Crippen LogP contribution in [0.2, 0.25) is 0 Å². The van der Waals surface area contributed by atoms with E-state index in [1.54, 1.807) is 0 Å². The molecule has 5 heteroatoms. The molecule has 0 saturated heterocycles. The summed E-state index contributed by atoms with van der Waals surface area (Å²) in [4.78, 5) is 9.24. The molecule has 4 N–H and O–H groups in total. The largest absolute Gasteiger partial charge is 0.521 e. The van der Waals surface area contributed by atoms with E-state index in [2.05, 4.69) is 5.73 Å². The number of nitrogens with two attached hydrogens (primary N) is 1. The van der Waals surface area contributed by atoms with E-state index in [1.807, 2.05) is 0 Å². The molecule has 7 heavy (non-hydrogen) atoms. The molecule has 0 aromatic rings. The fourth-order valence-corrected chi connectivity index (χ4v) is 0. The molecule has 0 amide bonds. The van der Waals surface area contributed by atoms with Crippen molar-refractivity contribution < 1.29 is 14.1 Å². The lowest BCUT2D eigenvalue weighted by Crippen LogP contribution is -2.10. The fraction of sp³-hybridized carbons (Fsp3) is 0.500. The van der Waals surface area contributed by atoms with Gasteiger partial charge >= 0.3 is 22.6 Å². The Morgan fingerprint density at radius 1 is 1.71 bits per heavy atom. The van der Waals surface area contributed by atoms with E-state index >= 15 is 0 Å². The van der Waals surface area contributed by atoms with Gasteiger partial charge in [-0.15, -0.1) is 0 Å². The molecule has 0 aromatic heterocycles. The second kappa shape index (κ2) is 9.33. The van der Waals surface area contributed by atoms with Gasteiger partial charge in [-0.2, -0.15) is 0 Å². The van der Waals surface area contributed by atoms with Gasteiger partial charge in [0.05, 0.1) is 6.54 Å². The highest BCUT2D eigenvalue weighted by atomic mass is 27.1. The first-order chi connectivity index (χ1) is 3.27. The maximum atomic E-state index is 9.24. The molecule has 42 valence electrons. The Kier molecular flexibility index (Phi) is 13.4. The van der Waals surface area contributed by atoms with Crippen LogP contribution < -0.4 is 5.73 Å². The van der Waals surface area contributed by atoms with Crippen LogP contribution in [0.4, 0.5) is 0 Å². The Hall–Kier alpha value is -0.0775. The third kappa shape index (κ3) is 24.7. The van der Waals surface area contributed by atoms with Gasteiger partial charge in [-0.05, 0) is 0 Å². The Balaban J connectivity index is 0. The van der Waals surface area contributed by atoms with E-state index < -0.39 is 5.97 Å². The quantitative estimate of drug-likeness (QED) is 0.336. The Morgan fingerprint density at radius 3 is 1.86 bits per heavy atom. The van der Waals surface area contributed by atoms with E-state index in [1.165, 1.54) is 0 Å². The molecule has 0 aliphatic heterocycles. The van der Waals surface area contributed by atoms with Crippen molar-refractivity contribution in [2.45, 2.75) is 0 Å². The van der Waals surface area contributed by atoms with E-state index in [4.69, 9.17) is 9.26 Å². The van der Waals surface area contributed by atoms with Crippen molar-refractivity contribution in [2.24, 2.45) is 5.73 Å². The number of hydrogen-bond acceptors (Lipinski definition) is 3. The molecule has 4 nitrogen and oxygen atoms in total. The van der Waals surface area contributed by atoms with Crippen LogP contribution in [0.15, 0.2) is 0 Å². The predicted molar refractivity (Wildman–Crippen MR) is 27.5 cm³/mol. The van der Waals surface area contributed by atoms with Gasteiger partial charge in [-0.3, -0.25) is 4.79 Å². The first-order valence-electron chi connectivity index (χ1n) is 1.64. The van der Waals surface area contributed by atoms with E-state index in [0.29, 0.717) is 16.6 Å². The van der Waals surface area contributed by atoms with Crippen molar-refractivity contribution in [3.8, 4) is 0 Å². The molecule has 0 saturated carbocycles. The summed E-state index contributed by atoms with van der Waals surface area (Å²) in [5.74, 6) is -0.968. The molecule has 0 aromatic carbocycles. The number of carbonyl (C=O) groups is 1. The number of hydrogen-bond donors (Lipinski definition) is 3. The van der Waals surface area contributed by atoms with Gasteiger partial charge in [0.2, 0.25) is 0 Å². The van der Waals surface area contributed by atoms with E-state index in [-0.39, 0.29) is 6.54 Å². The van der Waals surface area contributed by atoms with Crippen LogP contribution in [-0.2, 0) is 4.79 Å². The monoisotopic (exact) mass is 121 g/mol. The lowest BCUT2D eigenvalue weighted by molar-refractivity contribution is -0.135. The fourth-order valence-electron chi connectivity index (χ4n) is 0. The molecule has 0 radical (unpaired) electrons. The summed E-state index contributed by atoms with van der Waals surface area (Å²) in [6.07, 6.45) is 0. The van der Waals surface area contributed by atoms with Crippen LogP contribution in [-0.4, -0.2) is 38.4 Å². The Bertz CT molecular complexity index is 48.2. The van der Waals surface area contributed by atoms with Crippen LogP contribution in [0.25, 0.3) is 0 Å². The van der Waals surface area contributed by atoms with Gasteiger partial charge in [-0.25, -0.2) is 0 Å². The maximum absolute atomic E-state index is 9.24. The third-order valence-corrected chi connectivity index (χ3v) is 0.175. The molecule has 0 aliphatic rings. The van der Waals surface area contributed by atoms with Crippen molar-refractivity contribution in [1.82, 2.24) is 0 Å². The minimum Gasteiger partial charge on any atom is -0.521 e. The van der Waals surface area contributed by atoms with Gasteiger partial charge in [0, 0.05) is 0 Å². The van der Waals surface area contributed by atoms with Gasteiger partial charge < -0.3 is 15.0 Å². The summed E-state index contributed by atoms with van der Waals surface area (Å²) in [5, 5.41) is 7.60. The lowest BCUT2D eigenvalue weighted by atomic mass is 10.7. The highest BCUT2D eigenvalue weighted by molar-refractivity contribution is 5.95. The highest BCUT2D eigenvalue weighted by Crippen LogP contribution is 1.43. The minimum atomic E-state index is -0.968. The van der Waals surface area contributed by atoms with Crippen molar-refractivity contribution in [3.63, 3.8) is 0 Å². The van der Waals surface area contributed by atoms with Crippen molar-refractivity contribution in [3.05, 3.63) is 0 Å². The van der Waals surface area contributed by atoms with E-state index in [0.717, 1.165) is 0 Å². The first kappa shape index (κ1) is 10.0. The second-order valence-electron chi connectivity index (χ2n) is 0.598. The van der Waals surface area contributed by atoms with Crippen LogP contribution in [0.1, 0.15) is 0 Å². The second-order valence-corrected chi connectivity index (χ2v) is 0.598. The standard InChI is InChI=1S/C2H5NO2.Al.H2O.2H/c3-1-2(4)5;;;;/h1,3H2,(H,4,5);;1H2;;/q;+1;;;/p-1. The average Bonchev–Trinajstić information content (AvgIpc) is 1.73. The molecule has 0 fully saturated rings. The zero-order chi connectivity index (χ0) is 6.28. The molecule has 0 aliphatic carbocycles. The highest BCUT2D eigenvalue weighted by Gasteiger charge is 1.81.